The molecular weight excluding hydrogens is 412 g/mol. The molecule has 0 saturated heterocycles. The lowest BCUT2D eigenvalue weighted by molar-refractivity contribution is -0.142. The van der Waals surface area contributed by atoms with Gasteiger partial charge < -0.3 is 32.3 Å². The maximum atomic E-state index is 12.6. The molecule has 11 heteroatoms. The summed E-state index contributed by atoms with van der Waals surface area (Å²) in [7, 11) is 0. The molecule has 0 spiro atoms. The van der Waals surface area contributed by atoms with Crippen molar-refractivity contribution in [2.24, 2.45) is 11.5 Å². The Bertz CT molecular complexity index is 743. The number of nitrogens with two attached hydrogens (primary N) is 2. The zero-order valence-electron chi connectivity index (χ0n) is 16.7. The molecule has 0 radical (unpaired) electrons. The highest BCUT2D eigenvalue weighted by Crippen LogP contribution is 2.11. The van der Waals surface area contributed by atoms with Crippen LogP contribution >= 0.6 is 11.8 Å². The third-order valence-electron chi connectivity index (χ3n) is 4.27. The number of aromatic hydroxyl groups is 1. The Labute approximate surface area is 178 Å². The molecule has 0 fully saturated rings. The highest BCUT2D eigenvalue weighted by Gasteiger charge is 2.28. The molecule has 1 aromatic rings. The number of thioether (sulfide) groups is 1. The van der Waals surface area contributed by atoms with Crippen molar-refractivity contribution in [3.8, 4) is 5.75 Å². The van der Waals surface area contributed by atoms with Crippen molar-refractivity contribution in [3.05, 3.63) is 29.8 Å². The highest BCUT2D eigenvalue weighted by molar-refractivity contribution is 7.98. The van der Waals surface area contributed by atoms with Crippen molar-refractivity contribution in [2.45, 2.75) is 43.8 Å². The van der Waals surface area contributed by atoms with E-state index in [9.17, 15) is 29.4 Å². The first kappa shape index (κ1) is 25.2. The van der Waals surface area contributed by atoms with Crippen LogP contribution in [0.1, 0.15) is 24.8 Å². The number of carboxylic acid groups (broad SMARTS) is 1. The molecule has 0 bridgehead atoms. The Balaban J connectivity index is 2.80. The summed E-state index contributed by atoms with van der Waals surface area (Å²) < 4.78 is 0. The average molecular weight is 441 g/mol. The van der Waals surface area contributed by atoms with Gasteiger partial charge in [-0.3, -0.25) is 14.4 Å². The maximum Gasteiger partial charge on any atom is 0.326 e. The van der Waals surface area contributed by atoms with E-state index < -0.39 is 41.8 Å². The lowest BCUT2D eigenvalue weighted by Gasteiger charge is -2.22. The van der Waals surface area contributed by atoms with E-state index in [0.29, 0.717) is 11.3 Å². The number of primary amides is 1. The first-order valence-corrected chi connectivity index (χ1v) is 10.7. The van der Waals surface area contributed by atoms with E-state index in [0.717, 1.165) is 0 Å². The van der Waals surface area contributed by atoms with E-state index in [2.05, 4.69) is 10.6 Å². The number of nitrogens with one attached hydrogen (secondary N) is 2. The van der Waals surface area contributed by atoms with Crippen molar-refractivity contribution in [3.63, 3.8) is 0 Å². The van der Waals surface area contributed by atoms with Gasteiger partial charge in [-0.2, -0.15) is 11.8 Å². The molecule has 3 atom stereocenters. The number of aliphatic carboxylic acids is 1. The number of hydrogen-bond acceptors (Lipinski definition) is 7. The molecule has 1 aromatic carbocycles. The second-order valence-corrected chi connectivity index (χ2v) is 7.71. The smallest absolute Gasteiger partial charge is 0.326 e. The third-order valence-corrected chi connectivity index (χ3v) is 4.91. The predicted molar refractivity (Wildman–Crippen MR) is 113 cm³/mol. The van der Waals surface area contributed by atoms with Crippen LogP contribution < -0.4 is 22.1 Å². The predicted octanol–water partition coefficient (Wildman–Crippen LogP) is -0.665. The zero-order chi connectivity index (χ0) is 22.7. The van der Waals surface area contributed by atoms with Gasteiger partial charge in [0.15, 0.2) is 0 Å². The Morgan fingerprint density at radius 3 is 2.17 bits per heavy atom. The fraction of sp³-hybridized carbons (Fsp3) is 0.474. The molecule has 166 valence electrons. The largest absolute Gasteiger partial charge is 0.508 e. The van der Waals surface area contributed by atoms with E-state index in [4.69, 9.17) is 11.5 Å². The Kier molecular flexibility index (Phi) is 10.7. The van der Waals surface area contributed by atoms with Crippen molar-refractivity contribution in [2.75, 3.05) is 12.0 Å². The standard InChI is InChI=1S/C19H28N4O6S/c1-30-9-8-15(19(28)29)23-18(27)14(6-7-16(21)25)22-17(26)13(20)10-11-2-4-12(24)5-3-11/h2-5,13-15,24H,6-10,20H2,1H3,(H2,21,25)(H,22,26)(H,23,27)(H,28,29)/t13-,14-,15-/m0/s1. The van der Waals surface area contributed by atoms with E-state index in [-0.39, 0.29) is 31.4 Å². The summed E-state index contributed by atoms with van der Waals surface area (Å²) in [4.78, 5) is 47.5. The van der Waals surface area contributed by atoms with Crippen LogP contribution in [0.3, 0.4) is 0 Å². The lowest BCUT2D eigenvalue weighted by atomic mass is 10.0. The van der Waals surface area contributed by atoms with Gasteiger partial charge in [-0.25, -0.2) is 4.79 Å². The Morgan fingerprint density at radius 2 is 1.63 bits per heavy atom. The van der Waals surface area contributed by atoms with Crippen LogP contribution in [0.2, 0.25) is 0 Å². The summed E-state index contributed by atoms with van der Waals surface area (Å²) in [5.41, 5.74) is 11.8. The van der Waals surface area contributed by atoms with E-state index in [1.807, 2.05) is 6.26 Å². The lowest BCUT2D eigenvalue weighted by Crippen LogP contribution is -2.55. The van der Waals surface area contributed by atoms with Crippen LogP contribution in [-0.4, -0.2) is 64.0 Å². The number of carbonyl (C=O) groups is 4. The molecule has 0 unspecified atom stereocenters. The van der Waals surface area contributed by atoms with Gasteiger partial charge in [0.05, 0.1) is 6.04 Å². The third kappa shape index (κ3) is 9.14. The van der Waals surface area contributed by atoms with Gasteiger partial charge in [-0.05, 0) is 49.0 Å². The van der Waals surface area contributed by atoms with E-state index in [1.165, 1.54) is 23.9 Å². The molecule has 1 rings (SSSR count). The minimum Gasteiger partial charge on any atom is -0.508 e. The van der Waals surface area contributed by atoms with Gasteiger partial charge in [0, 0.05) is 6.42 Å². The Morgan fingerprint density at radius 1 is 1.03 bits per heavy atom. The molecular formula is C19H28N4O6S. The van der Waals surface area contributed by atoms with Crippen molar-refractivity contribution < 1.29 is 29.4 Å². The van der Waals surface area contributed by atoms with Crippen LogP contribution in [0.4, 0.5) is 0 Å². The van der Waals surface area contributed by atoms with Gasteiger partial charge in [0.1, 0.15) is 17.8 Å². The number of phenols is 1. The number of hydrogen-bond donors (Lipinski definition) is 6. The number of carboxylic acids is 1. The number of benzene rings is 1. The average Bonchev–Trinajstić information content (AvgIpc) is 2.69. The Hall–Kier alpha value is -2.79. The summed E-state index contributed by atoms with van der Waals surface area (Å²) in [6.45, 7) is 0. The fourth-order valence-electron chi connectivity index (χ4n) is 2.58. The first-order chi connectivity index (χ1) is 14.1. The monoisotopic (exact) mass is 440 g/mol. The van der Waals surface area contributed by atoms with Gasteiger partial charge in [-0.15, -0.1) is 0 Å². The minimum atomic E-state index is -1.19. The summed E-state index contributed by atoms with van der Waals surface area (Å²) in [6.07, 6.45) is 1.91. The number of rotatable bonds is 13. The molecule has 8 N–H and O–H groups in total. The van der Waals surface area contributed by atoms with Gasteiger partial charge in [0.2, 0.25) is 17.7 Å². The zero-order valence-corrected chi connectivity index (χ0v) is 17.5. The topological polar surface area (TPSA) is 185 Å². The molecule has 0 saturated carbocycles. The van der Waals surface area contributed by atoms with Crippen molar-refractivity contribution >= 4 is 35.5 Å². The summed E-state index contributed by atoms with van der Waals surface area (Å²) in [5.74, 6) is -2.62. The van der Waals surface area contributed by atoms with Crippen molar-refractivity contribution in [1.82, 2.24) is 10.6 Å². The molecule has 0 heterocycles. The fourth-order valence-corrected chi connectivity index (χ4v) is 3.05. The quantitative estimate of drug-likeness (QED) is 0.233. The van der Waals surface area contributed by atoms with Crippen LogP contribution in [0, 0.1) is 0 Å². The van der Waals surface area contributed by atoms with E-state index in [1.54, 1.807) is 12.1 Å². The normalized spacial score (nSPS) is 13.7. The number of phenolic OH excluding ortho intramolecular Hbond substituents is 1. The highest BCUT2D eigenvalue weighted by atomic mass is 32.2. The van der Waals surface area contributed by atoms with Crippen LogP contribution in [0.15, 0.2) is 24.3 Å². The van der Waals surface area contributed by atoms with Crippen LogP contribution in [0.5, 0.6) is 5.75 Å². The summed E-state index contributed by atoms with van der Waals surface area (Å²) in [6, 6.07) is 2.88. The second-order valence-electron chi connectivity index (χ2n) is 6.72. The molecule has 0 aromatic heterocycles. The second kappa shape index (κ2) is 12.7. The SMILES string of the molecule is CSCC[C@H](NC(=O)[C@H](CCC(N)=O)NC(=O)[C@@H](N)Cc1ccc(O)cc1)C(=O)O. The van der Waals surface area contributed by atoms with Gasteiger partial charge in [0.25, 0.3) is 0 Å². The summed E-state index contributed by atoms with van der Waals surface area (Å²) in [5, 5.41) is 23.5. The van der Waals surface area contributed by atoms with Gasteiger partial charge in [-0.1, -0.05) is 12.1 Å². The molecule has 3 amide bonds. The van der Waals surface area contributed by atoms with E-state index >= 15 is 0 Å². The summed E-state index contributed by atoms with van der Waals surface area (Å²) >= 11 is 1.44. The molecule has 10 nitrogen and oxygen atoms in total. The van der Waals surface area contributed by atoms with Crippen molar-refractivity contribution in [1.29, 1.82) is 0 Å². The minimum absolute atomic E-state index is 0.0782. The van der Waals surface area contributed by atoms with Gasteiger partial charge >= 0.3 is 5.97 Å². The molecule has 0 aliphatic carbocycles. The molecule has 0 aliphatic rings. The first-order valence-electron chi connectivity index (χ1n) is 9.28. The molecule has 30 heavy (non-hydrogen) atoms. The van der Waals surface area contributed by atoms with Crippen LogP contribution in [0.25, 0.3) is 0 Å². The maximum absolute atomic E-state index is 12.6. The number of amides is 3. The molecule has 0 aliphatic heterocycles. The number of carbonyl (C=O) groups excluding carboxylic acids is 3. The van der Waals surface area contributed by atoms with Crippen LogP contribution in [-0.2, 0) is 25.6 Å².